The third-order valence-corrected chi connectivity index (χ3v) is 4.48. The minimum atomic E-state index is -0.749. The second-order valence-electron chi connectivity index (χ2n) is 5.96. The number of methoxy groups -OCH3 is 1. The van der Waals surface area contributed by atoms with Crippen molar-refractivity contribution in [3.63, 3.8) is 0 Å². The van der Waals surface area contributed by atoms with Gasteiger partial charge >= 0.3 is 12.0 Å². The second-order valence-corrected chi connectivity index (χ2v) is 5.96. The van der Waals surface area contributed by atoms with E-state index in [1.165, 1.54) is 7.11 Å². The van der Waals surface area contributed by atoms with Gasteiger partial charge < -0.3 is 10.1 Å². The number of nitrogens with zero attached hydrogens (tertiary/aromatic N) is 1. The van der Waals surface area contributed by atoms with Gasteiger partial charge in [0, 0.05) is 19.6 Å². The van der Waals surface area contributed by atoms with Gasteiger partial charge in [-0.1, -0.05) is 12.1 Å². The minimum Gasteiger partial charge on any atom is -0.465 e. The maximum absolute atomic E-state index is 11.9. The number of likely N-dealkylation sites (tertiary alicyclic amines) is 1. The highest BCUT2D eigenvalue weighted by atomic mass is 16.5. The molecule has 0 atom stereocenters. The van der Waals surface area contributed by atoms with Crippen molar-refractivity contribution >= 4 is 17.9 Å². The van der Waals surface area contributed by atoms with Gasteiger partial charge in [0.05, 0.1) is 12.7 Å². The number of hydrogen-bond donors (Lipinski definition) is 2. The molecule has 2 aliphatic rings. The van der Waals surface area contributed by atoms with Gasteiger partial charge in [-0.3, -0.25) is 15.0 Å². The van der Waals surface area contributed by atoms with Crippen molar-refractivity contribution in [1.82, 2.24) is 15.5 Å². The summed E-state index contributed by atoms with van der Waals surface area (Å²) in [7, 11) is 1.36. The molecule has 1 aromatic carbocycles. The SMILES string of the molecule is COC(=O)c1cccc(CN2CCC3(CC2)NC(=O)NC3=O)c1. The standard InChI is InChI=1S/C16H19N3O4/c1-23-13(20)12-4-2-3-11(9-12)10-19-7-5-16(6-8-19)14(21)17-15(22)18-16/h2-4,9H,5-8,10H2,1H3,(H2,17,18,21,22). The van der Waals surface area contributed by atoms with Gasteiger partial charge in [-0.2, -0.15) is 0 Å². The molecule has 3 rings (SSSR count). The van der Waals surface area contributed by atoms with Gasteiger partial charge in [0.1, 0.15) is 5.54 Å². The number of piperidine rings is 1. The zero-order chi connectivity index (χ0) is 16.4. The number of carbonyl (C=O) groups excluding carboxylic acids is 3. The second kappa shape index (κ2) is 6.00. The first kappa shape index (κ1) is 15.5. The molecular formula is C16H19N3O4. The molecule has 0 saturated carbocycles. The summed E-state index contributed by atoms with van der Waals surface area (Å²) in [6.07, 6.45) is 1.17. The zero-order valence-electron chi connectivity index (χ0n) is 12.9. The highest BCUT2D eigenvalue weighted by molar-refractivity contribution is 6.07. The van der Waals surface area contributed by atoms with Crippen LogP contribution in [0.3, 0.4) is 0 Å². The Bertz CT molecular complexity index is 650. The third-order valence-electron chi connectivity index (χ3n) is 4.48. The lowest BCUT2D eigenvalue weighted by atomic mass is 9.87. The summed E-state index contributed by atoms with van der Waals surface area (Å²) in [4.78, 5) is 37.0. The van der Waals surface area contributed by atoms with Crippen LogP contribution < -0.4 is 10.6 Å². The molecule has 1 spiro atoms. The smallest absolute Gasteiger partial charge is 0.337 e. The fourth-order valence-electron chi connectivity index (χ4n) is 3.15. The lowest BCUT2D eigenvalue weighted by Crippen LogP contribution is -2.54. The van der Waals surface area contributed by atoms with E-state index in [0.717, 1.165) is 5.56 Å². The molecule has 122 valence electrons. The average molecular weight is 317 g/mol. The van der Waals surface area contributed by atoms with Crippen molar-refractivity contribution < 1.29 is 19.1 Å². The number of rotatable bonds is 3. The quantitative estimate of drug-likeness (QED) is 0.631. The normalized spacial score (nSPS) is 20.2. The predicted molar refractivity (Wildman–Crippen MR) is 81.7 cm³/mol. The summed E-state index contributed by atoms with van der Waals surface area (Å²) in [6, 6.07) is 6.92. The van der Waals surface area contributed by atoms with Gasteiger partial charge in [-0.25, -0.2) is 9.59 Å². The van der Waals surface area contributed by atoms with Crippen LogP contribution in [0.15, 0.2) is 24.3 Å². The highest BCUT2D eigenvalue weighted by Gasteiger charge is 2.47. The lowest BCUT2D eigenvalue weighted by molar-refractivity contribution is -0.125. The average Bonchev–Trinajstić information content (AvgIpc) is 2.83. The summed E-state index contributed by atoms with van der Waals surface area (Å²) < 4.78 is 4.73. The molecule has 2 heterocycles. The number of amides is 3. The van der Waals surface area contributed by atoms with Crippen LogP contribution in [-0.4, -0.2) is 48.5 Å². The fraction of sp³-hybridized carbons (Fsp3) is 0.438. The van der Waals surface area contributed by atoms with Crippen LogP contribution in [0.2, 0.25) is 0 Å². The molecule has 7 heteroatoms. The van der Waals surface area contributed by atoms with E-state index in [0.29, 0.717) is 38.0 Å². The maximum Gasteiger partial charge on any atom is 0.337 e. The predicted octanol–water partition coefficient (Wildman–Crippen LogP) is 0.647. The van der Waals surface area contributed by atoms with E-state index >= 15 is 0 Å². The Morgan fingerprint density at radius 1 is 1.30 bits per heavy atom. The van der Waals surface area contributed by atoms with Crippen molar-refractivity contribution in [3.8, 4) is 0 Å². The van der Waals surface area contributed by atoms with Gasteiger partial charge in [0.15, 0.2) is 0 Å². The van der Waals surface area contributed by atoms with Crippen LogP contribution in [0.1, 0.15) is 28.8 Å². The molecule has 1 aromatic rings. The molecule has 0 aliphatic carbocycles. The molecule has 0 unspecified atom stereocenters. The fourth-order valence-corrected chi connectivity index (χ4v) is 3.15. The van der Waals surface area contributed by atoms with E-state index in [1.807, 2.05) is 18.2 Å². The molecular weight excluding hydrogens is 298 g/mol. The number of carbonyl (C=O) groups is 3. The first-order valence-electron chi connectivity index (χ1n) is 7.56. The first-order chi connectivity index (χ1) is 11.0. The maximum atomic E-state index is 11.9. The van der Waals surface area contributed by atoms with E-state index in [4.69, 9.17) is 4.74 Å². The van der Waals surface area contributed by atoms with Crippen LogP contribution in [-0.2, 0) is 16.1 Å². The summed E-state index contributed by atoms with van der Waals surface area (Å²) in [6.45, 7) is 2.10. The summed E-state index contributed by atoms with van der Waals surface area (Å²) in [5.74, 6) is -0.579. The van der Waals surface area contributed by atoms with E-state index in [2.05, 4.69) is 15.5 Å². The van der Waals surface area contributed by atoms with E-state index < -0.39 is 11.6 Å². The van der Waals surface area contributed by atoms with Crippen molar-refractivity contribution in [2.45, 2.75) is 24.9 Å². The van der Waals surface area contributed by atoms with Crippen molar-refractivity contribution in [2.75, 3.05) is 20.2 Å². The molecule has 23 heavy (non-hydrogen) atoms. The number of benzene rings is 1. The molecule has 0 bridgehead atoms. The molecule has 3 amide bonds. The Hall–Kier alpha value is -2.41. The highest BCUT2D eigenvalue weighted by Crippen LogP contribution is 2.26. The Morgan fingerprint density at radius 3 is 2.65 bits per heavy atom. The Balaban J connectivity index is 1.62. The Kier molecular flexibility index (Phi) is 4.04. The topological polar surface area (TPSA) is 87.7 Å². The Labute approximate surface area is 134 Å². The number of ether oxygens (including phenoxy) is 1. The van der Waals surface area contributed by atoms with Crippen LogP contribution in [0.5, 0.6) is 0 Å². The summed E-state index contributed by atoms with van der Waals surface area (Å²) >= 11 is 0. The largest absolute Gasteiger partial charge is 0.465 e. The van der Waals surface area contributed by atoms with Gasteiger partial charge in [-0.05, 0) is 30.5 Å². The van der Waals surface area contributed by atoms with Crippen LogP contribution >= 0.6 is 0 Å². The zero-order valence-corrected chi connectivity index (χ0v) is 12.9. The van der Waals surface area contributed by atoms with E-state index in [-0.39, 0.29) is 11.9 Å². The molecule has 7 nitrogen and oxygen atoms in total. The van der Waals surface area contributed by atoms with Gasteiger partial charge in [-0.15, -0.1) is 0 Å². The lowest BCUT2D eigenvalue weighted by Gasteiger charge is -2.37. The number of hydrogen-bond acceptors (Lipinski definition) is 5. The van der Waals surface area contributed by atoms with E-state index in [9.17, 15) is 14.4 Å². The summed E-state index contributed by atoms with van der Waals surface area (Å²) in [5.41, 5.74) is 0.797. The van der Waals surface area contributed by atoms with Crippen molar-refractivity contribution in [2.24, 2.45) is 0 Å². The molecule has 2 N–H and O–H groups in total. The van der Waals surface area contributed by atoms with Crippen molar-refractivity contribution in [1.29, 1.82) is 0 Å². The van der Waals surface area contributed by atoms with Gasteiger partial charge in [0.25, 0.3) is 5.91 Å². The molecule has 0 radical (unpaired) electrons. The first-order valence-corrected chi connectivity index (χ1v) is 7.56. The van der Waals surface area contributed by atoms with E-state index in [1.54, 1.807) is 6.07 Å². The summed E-state index contributed by atoms with van der Waals surface area (Å²) in [5, 5.41) is 5.06. The monoisotopic (exact) mass is 317 g/mol. The number of urea groups is 1. The molecule has 2 saturated heterocycles. The van der Waals surface area contributed by atoms with Crippen LogP contribution in [0, 0.1) is 0 Å². The number of imide groups is 1. The molecule has 0 aromatic heterocycles. The molecule has 2 aliphatic heterocycles. The van der Waals surface area contributed by atoms with Crippen LogP contribution in [0.4, 0.5) is 4.79 Å². The molecule has 2 fully saturated rings. The number of nitrogens with one attached hydrogen (secondary N) is 2. The Morgan fingerprint density at radius 2 is 2.04 bits per heavy atom. The van der Waals surface area contributed by atoms with Gasteiger partial charge in [0.2, 0.25) is 0 Å². The number of esters is 1. The van der Waals surface area contributed by atoms with Crippen LogP contribution in [0.25, 0.3) is 0 Å². The van der Waals surface area contributed by atoms with Crippen molar-refractivity contribution in [3.05, 3.63) is 35.4 Å². The minimum absolute atomic E-state index is 0.227. The third kappa shape index (κ3) is 3.05.